The van der Waals surface area contributed by atoms with Gasteiger partial charge in [0.15, 0.2) is 4.32 Å². The van der Waals surface area contributed by atoms with Crippen molar-refractivity contribution < 1.29 is 18.0 Å². The highest BCUT2D eigenvalue weighted by Crippen LogP contribution is 2.38. The minimum Gasteiger partial charge on any atom is -0.268 e. The van der Waals surface area contributed by atoms with E-state index in [1.54, 1.807) is 12.1 Å². The van der Waals surface area contributed by atoms with Crippen molar-refractivity contribution in [2.45, 2.75) is 6.18 Å². The average Bonchev–Trinajstić information content (AvgIpc) is 2.84. The largest absolute Gasteiger partial charge is 0.416 e. The van der Waals surface area contributed by atoms with Crippen LogP contribution >= 0.6 is 47.2 Å². The molecule has 0 aromatic heterocycles. The lowest BCUT2D eigenvalue weighted by molar-refractivity contribution is -0.137. The fourth-order valence-corrected chi connectivity index (χ4v) is 3.83. The van der Waals surface area contributed by atoms with Crippen molar-refractivity contribution >= 4 is 69.2 Å². The third kappa shape index (κ3) is 3.91. The number of hydrogen-bond donors (Lipinski definition) is 0. The van der Waals surface area contributed by atoms with Gasteiger partial charge >= 0.3 is 6.18 Å². The van der Waals surface area contributed by atoms with Gasteiger partial charge in [-0.1, -0.05) is 59.3 Å². The van der Waals surface area contributed by atoms with Crippen LogP contribution in [0.2, 0.25) is 10.0 Å². The lowest BCUT2D eigenvalue weighted by Crippen LogP contribution is -2.27. The summed E-state index contributed by atoms with van der Waals surface area (Å²) in [6.07, 6.45) is -2.91. The SMILES string of the molecule is O=C1/C(=C\c2ccc(C(F)(F)F)cc2)SC(=S)N1c1ccc(Cl)c(Cl)c1. The molecule has 134 valence electrons. The Hall–Kier alpha value is -1.54. The molecule has 0 spiro atoms. The molecule has 2 aromatic carbocycles. The molecular weight excluding hydrogens is 426 g/mol. The van der Waals surface area contributed by atoms with E-state index < -0.39 is 11.7 Å². The summed E-state index contributed by atoms with van der Waals surface area (Å²) in [6, 6.07) is 9.22. The van der Waals surface area contributed by atoms with Crippen LogP contribution in [0.5, 0.6) is 0 Å². The van der Waals surface area contributed by atoms with Gasteiger partial charge in [0.1, 0.15) is 0 Å². The highest BCUT2D eigenvalue weighted by molar-refractivity contribution is 8.27. The highest BCUT2D eigenvalue weighted by atomic mass is 35.5. The molecule has 0 saturated carbocycles. The molecule has 1 fully saturated rings. The fourth-order valence-electron chi connectivity index (χ4n) is 2.23. The average molecular weight is 434 g/mol. The number of carbonyl (C=O) groups excluding carboxylic acids is 1. The minimum atomic E-state index is -4.41. The van der Waals surface area contributed by atoms with Crippen LogP contribution in [0, 0.1) is 0 Å². The summed E-state index contributed by atoms with van der Waals surface area (Å²) in [5.74, 6) is -0.377. The Kier molecular flexibility index (Phi) is 5.35. The van der Waals surface area contributed by atoms with Gasteiger partial charge in [0.05, 0.1) is 26.2 Å². The quantitative estimate of drug-likeness (QED) is 0.402. The van der Waals surface area contributed by atoms with E-state index in [2.05, 4.69) is 0 Å². The first-order chi connectivity index (χ1) is 12.2. The van der Waals surface area contributed by atoms with Gasteiger partial charge in [-0.3, -0.25) is 9.69 Å². The number of thioether (sulfide) groups is 1. The van der Waals surface area contributed by atoms with Crippen molar-refractivity contribution in [1.82, 2.24) is 0 Å². The van der Waals surface area contributed by atoms with Crippen molar-refractivity contribution in [3.8, 4) is 0 Å². The van der Waals surface area contributed by atoms with E-state index in [1.807, 2.05) is 0 Å². The standard InChI is InChI=1S/C17H8Cl2F3NOS2/c18-12-6-5-11(8-13(12)19)23-15(24)14(26-16(23)25)7-9-1-3-10(4-2-9)17(20,21)22/h1-8H/b14-7+. The molecule has 1 aliphatic heterocycles. The summed E-state index contributed by atoms with van der Waals surface area (Å²) < 4.78 is 38.2. The lowest BCUT2D eigenvalue weighted by atomic mass is 10.1. The van der Waals surface area contributed by atoms with Crippen molar-refractivity contribution in [3.63, 3.8) is 0 Å². The molecule has 1 aliphatic rings. The molecule has 2 nitrogen and oxygen atoms in total. The van der Waals surface area contributed by atoms with Crippen LogP contribution in [-0.4, -0.2) is 10.2 Å². The zero-order valence-corrected chi connectivity index (χ0v) is 15.8. The lowest BCUT2D eigenvalue weighted by Gasteiger charge is -2.15. The van der Waals surface area contributed by atoms with E-state index in [4.69, 9.17) is 35.4 Å². The summed E-state index contributed by atoms with van der Waals surface area (Å²) in [5, 5.41) is 0.631. The van der Waals surface area contributed by atoms with E-state index in [-0.39, 0.29) is 10.9 Å². The van der Waals surface area contributed by atoms with E-state index in [0.29, 0.717) is 25.5 Å². The first-order valence-corrected chi connectivity index (χ1v) is 9.05. The molecule has 0 bridgehead atoms. The summed E-state index contributed by atoms with van der Waals surface area (Å²) in [4.78, 5) is 14.2. The maximum Gasteiger partial charge on any atom is 0.416 e. The second-order valence-electron chi connectivity index (χ2n) is 5.24. The minimum absolute atomic E-state index is 0.282. The zero-order chi connectivity index (χ0) is 19.1. The summed E-state index contributed by atoms with van der Waals surface area (Å²) in [7, 11) is 0. The molecule has 0 radical (unpaired) electrons. The van der Waals surface area contributed by atoms with Gasteiger partial charge in [0.25, 0.3) is 5.91 Å². The maximum absolute atomic E-state index is 12.6. The summed E-state index contributed by atoms with van der Waals surface area (Å²) in [5.41, 5.74) is 0.184. The Balaban J connectivity index is 1.88. The van der Waals surface area contributed by atoms with Crippen molar-refractivity contribution in [2.24, 2.45) is 0 Å². The van der Waals surface area contributed by atoms with Gasteiger partial charge < -0.3 is 0 Å². The van der Waals surface area contributed by atoms with E-state index in [9.17, 15) is 18.0 Å². The molecule has 26 heavy (non-hydrogen) atoms. The molecule has 2 aromatic rings. The molecule has 0 aliphatic carbocycles. The predicted octanol–water partition coefficient (Wildman–Crippen LogP) is 6.42. The summed E-state index contributed by atoms with van der Waals surface area (Å²) >= 11 is 18.2. The van der Waals surface area contributed by atoms with E-state index in [0.717, 1.165) is 23.9 Å². The first-order valence-electron chi connectivity index (χ1n) is 7.07. The van der Waals surface area contributed by atoms with Crippen LogP contribution < -0.4 is 4.90 Å². The molecule has 0 N–H and O–H groups in total. The smallest absolute Gasteiger partial charge is 0.268 e. The maximum atomic E-state index is 12.6. The van der Waals surface area contributed by atoms with Gasteiger partial charge in [-0.05, 0) is 42.0 Å². The third-order valence-electron chi connectivity index (χ3n) is 3.49. The Morgan fingerprint density at radius 1 is 1.04 bits per heavy atom. The number of carbonyl (C=O) groups is 1. The highest BCUT2D eigenvalue weighted by Gasteiger charge is 2.34. The molecule has 0 atom stereocenters. The Morgan fingerprint density at radius 2 is 1.69 bits per heavy atom. The number of benzene rings is 2. The normalized spacial score (nSPS) is 16.7. The molecular formula is C17H8Cl2F3NOS2. The summed E-state index contributed by atoms with van der Waals surface area (Å²) in [6.45, 7) is 0. The number of hydrogen-bond acceptors (Lipinski definition) is 3. The van der Waals surface area contributed by atoms with Crippen molar-refractivity contribution in [1.29, 1.82) is 0 Å². The Labute approximate surface area is 166 Å². The van der Waals surface area contributed by atoms with Gasteiger partial charge in [0, 0.05) is 0 Å². The second-order valence-corrected chi connectivity index (χ2v) is 7.73. The fraction of sp³-hybridized carbons (Fsp3) is 0.0588. The van der Waals surface area contributed by atoms with Crippen molar-refractivity contribution in [3.05, 3.63) is 68.5 Å². The van der Waals surface area contributed by atoms with E-state index in [1.165, 1.54) is 29.2 Å². The van der Waals surface area contributed by atoms with Crippen LogP contribution in [0.1, 0.15) is 11.1 Å². The van der Waals surface area contributed by atoms with Crippen LogP contribution in [0.25, 0.3) is 6.08 Å². The van der Waals surface area contributed by atoms with Gasteiger partial charge in [-0.25, -0.2) is 0 Å². The van der Waals surface area contributed by atoms with Gasteiger partial charge in [0.2, 0.25) is 0 Å². The number of amides is 1. The molecule has 3 rings (SSSR count). The number of rotatable bonds is 2. The molecule has 1 heterocycles. The molecule has 1 saturated heterocycles. The molecule has 0 unspecified atom stereocenters. The number of halogens is 5. The third-order valence-corrected chi connectivity index (χ3v) is 5.53. The monoisotopic (exact) mass is 433 g/mol. The number of nitrogens with zero attached hydrogens (tertiary/aromatic N) is 1. The number of thiocarbonyl (C=S) groups is 1. The number of alkyl halides is 3. The van der Waals surface area contributed by atoms with Crippen LogP contribution in [-0.2, 0) is 11.0 Å². The number of anilines is 1. The topological polar surface area (TPSA) is 20.3 Å². The first kappa shape index (κ1) is 19.2. The Bertz CT molecular complexity index is 927. The van der Waals surface area contributed by atoms with Crippen LogP contribution in [0.15, 0.2) is 47.4 Å². The zero-order valence-electron chi connectivity index (χ0n) is 12.7. The second kappa shape index (κ2) is 7.23. The van der Waals surface area contributed by atoms with Crippen molar-refractivity contribution in [2.75, 3.05) is 4.90 Å². The van der Waals surface area contributed by atoms with Crippen LogP contribution in [0.3, 0.4) is 0 Å². The predicted molar refractivity (Wildman–Crippen MR) is 104 cm³/mol. The molecule has 9 heteroatoms. The van der Waals surface area contributed by atoms with Gasteiger partial charge in [-0.2, -0.15) is 13.2 Å². The van der Waals surface area contributed by atoms with E-state index >= 15 is 0 Å². The van der Waals surface area contributed by atoms with Crippen LogP contribution in [0.4, 0.5) is 18.9 Å². The van der Waals surface area contributed by atoms with Gasteiger partial charge in [-0.15, -0.1) is 0 Å². The Morgan fingerprint density at radius 3 is 2.27 bits per heavy atom. The molecule has 1 amide bonds.